The third-order valence-corrected chi connectivity index (χ3v) is 4.32. The Morgan fingerprint density at radius 3 is 2.46 bits per heavy atom. The van der Waals surface area contributed by atoms with E-state index in [1.54, 1.807) is 21.3 Å². The van der Waals surface area contributed by atoms with Crippen molar-refractivity contribution in [2.75, 3.05) is 34.4 Å². The second-order valence-electron chi connectivity index (χ2n) is 6.19. The molecule has 0 heterocycles. The summed E-state index contributed by atoms with van der Waals surface area (Å²) in [6, 6.07) is 14.1. The maximum Gasteiger partial charge on any atom is 0.191 e. The molecule has 0 bridgehead atoms. The van der Waals surface area contributed by atoms with E-state index < -0.39 is 0 Å². The number of benzene rings is 2. The van der Waals surface area contributed by atoms with Crippen LogP contribution in [0.3, 0.4) is 0 Å². The monoisotopic (exact) mass is 385 g/mol. The molecule has 2 rings (SSSR count). The van der Waals surface area contributed by atoms with E-state index in [-0.39, 0.29) is 0 Å². The Balaban J connectivity index is 1.79. The molecular weight excluding hydrogens is 354 g/mol. The number of aryl methyl sites for hydroxylation is 1. The van der Waals surface area contributed by atoms with Crippen molar-refractivity contribution >= 4 is 5.96 Å². The van der Waals surface area contributed by atoms with Gasteiger partial charge in [0.15, 0.2) is 17.5 Å². The highest BCUT2D eigenvalue weighted by Crippen LogP contribution is 2.27. The number of hydrogen-bond donors (Lipinski definition) is 2. The zero-order chi connectivity index (χ0) is 20.2. The third-order valence-electron chi connectivity index (χ3n) is 4.32. The molecule has 2 aromatic rings. The van der Waals surface area contributed by atoms with E-state index in [9.17, 15) is 0 Å². The van der Waals surface area contributed by atoms with Crippen molar-refractivity contribution in [3.05, 3.63) is 53.6 Å². The van der Waals surface area contributed by atoms with E-state index in [1.165, 1.54) is 5.56 Å². The van der Waals surface area contributed by atoms with Gasteiger partial charge >= 0.3 is 0 Å². The van der Waals surface area contributed by atoms with Crippen LogP contribution < -0.4 is 24.8 Å². The highest BCUT2D eigenvalue weighted by atomic mass is 16.5. The number of guanidine groups is 1. The zero-order valence-electron chi connectivity index (χ0n) is 17.2. The lowest BCUT2D eigenvalue weighted by Crippen LogP contribution is -2.37. The summed E-state index contributed by atoms with van der Waals surface area (Å²) in [5, 5.41) is 6.69. The average molecular weight is 386 g/mol. The Morgan fingerprint density at radius 1 is 0.964 bits per heavy atom. The largest absolute Gasteiger partial charge is 0.494 e. The first-order valence-corrected chi connectivity index (χ1v) is 9.58. The van der Waals surface area contributed by atoms with Crippen LogP contribution >= 0.6 is 0 Å². The number of rotatable bonds is 10. The predicted octanol–water partition coefficient (Wildman–Crippen LogP) is 3.40. The van der Waals surface area contributed by atoms with E-state index in [1.807, 2.05) is 37.3 Å². The van der Waals surface area contributed by atoms with Crippen molar-refractivity contribution in [3.63, 3.8) is 0 Å². The number of hydrogen-bond acceptors (Lipinski definition) is 4. The lowest BCUT2D eigenvalue weighted by molar-refractivity contribution is 0.336. The van der Waals surface area contributed by atoms with Gasteiger partial charge < -0.3 is 24.8 Å². The Morgan fingerprint density at radius 2 is 1.75 bits per heavy atom. The van der Waals surface area contributed by atoms with Crippen LogP contribution in [-0.2, 0) is 13.0 Å². The minimum Gasteiger partial charge on any atom is -0.494 e. The van der Waals surface area contributed by atoms with Gasteiger partial charge in [-0.3, -0.25) is 4.99 Å². The van der Waals surface area contributed by atoms with E-state index in [4.69, 9.17) is 14.2 Å². The molecule has 0 saturated carbocycles. The quantitative estimate of drug-likeness (QED) is 0.373. The Labute approximate surface area is 167 Å². The minimum atomic E-state index is 0.653. The minimum absolute atomic E-state index is 0.653. The van der Waals surface area contributed by atoms with Gasteiger partial charge in [-0.1, -0.05) is 24.3 Å². The van der Waals surface area contributed by atoms with Crippen molar-refractivity contribution in [3.8, 4) is 17.2 Å². The number of aliphatic imine (C=N–C) groups is 1. The van der Waals surface area contributed by atoms with Crippen LogP contribution in [0.5, 0.6) is 17.2 Å². The smallest absolute Gasteiger partial charge is 0.191 e. The summed E-state index contributed by atoms with van der Waals surface area (Å²) in [5.74, 6) is 3.19. The van der Waals surface area contributed by atoms with Gasteiger partial charge in [-0.25, -0.2) is 0 Å². The van der Waals surface area contributed by atoms with Crippen LogP contribution in [0.15, 0.2) is 47.5 Å². The average Bonchev–Trinajstić information content (AvgIpc) is 2.74. The Kier molecular flexibility index (Phi) is 8.98. The highest BCUT2D eigenvalue weighted by molar-refractivity contribution is 5.79. The van der Waals surface area contributed by atoms with Gasteiger partial charge in [0, 0.05) is 25.7 Å². The molecule has 0 aliphatic heterocycles. The van der Waals surface area contributed by atoms with Crippen molar-refractivity contribution in [2.24, 2.45) is 4.99 Å². The van der Waals surface area contributed by atoms with Gasteiger partial charge in [0.05, 0.1) is 20.8 Å². The number of nitrogens with one attached hydrogen (secondary N) is 2. The van der Waals surface area contributed by atoms with Gasteiger partial charge in [-0.15, -0.1) is 0 Å². The van der Waals surface area contributed by atoms with Crippen LogP contribution in [-0.4, -0.2) is 40.4 Å². The summed E-state index contributed by atoms with van der Waals surface area (Å²) in [5.41, 5.74) is 2.32. The van der Waals surface area contributed by atoms with Crippen LogP contribution in [0.4, 0.5) is 0 Å². The van der Waals surface area contributed by atoms with Crippen LogP contribution in [0.25, 0.3) is 0 Å². The maximum absolute atomic E-state index is 5.67. The van der Waals surface area contributed by atoms with Crippen molar-refractivity contribution in [2.45, 2.75) is 26.3 Å². The highest BCUT2D eigenvalue weighted by Gasteiger charge is 2.06. The second kappa shape index (κ2) is 11.7. The number of nitrogens with zero attached hydrogens (tertiary/aromatic N) is 1. The maximum atomic E-state index is 5.67. The van der Waals surface area contributed by atoms with E-state index in [0.717, 1.165) is 48.2 Å². The molecule has 0 aliphatic rings. The third kappa shape index (κ3) is 6.37. The molecule has 6 heteroatoms. The topological polar surface area (TPSA) is 64.1 Å². The van der Waals surface area contributed by atoms with Gasteiger partial charge in [0.2, 0.25) is 0 Å². The van der Waals surface area contributed by atoms with Crippen molar-refractivity contribution in [1.82, 2.24) is 10.6 Å². The van der Waals surface area contributed by atoms with Gasteiger partial charge in [-0.2, -0.15) is 0 Å². The molecule has 152 valence electrons. The Bertz CT molecular complexity index is 762. The molecule has 0 fully saturated rings. The van der Waals surface area contributed by atoms with E-state index in [2.05, 4.69) is 27.8 Å². The predicted molar refractivity (Wildman–Crippen MR) is 114 cm³/mol. The fourth-order valence-corrected chi connectivity index (χ4v) is 2.88. The summed E-state index contributed by atoms with van der Waals surface area (Å²) < 4.78 is 16.3. The first kappa shape index (κ1) is 21.4. The summed E-state index contributed by atoms with van der Waals surface area (Å²) in [7, 11) is 5.08. The van der Waals surface area contributed by atoms with E-state index >= 15 is 0 Å². The molecule has 0 atom stereocenters. The lowest BCUT2D eigenvalue weighted by atomic mass is 10.1. The normalized spacial score (nSPS) is 11.1. The van der Waals surface area contributed by atoms with Crippen molar-refractivity contribution < 1.29 is 14.2 Å². The molecule has 28 heavy (non-hydrogen) atoms. The van der Waals surface area contributed by atoms with Gasteiger partial charge in [-0.05, 0) is 43.5 Å². The molecule has 0 unspecified atom stereocenters. The molecule has 0 amide bonds. The molecule has 2 N–H and O–H groups in total. The van der Waals surface area contributed by atoms with Gasteiger partial charge in [0.25, 0.3) is 0 Å². The SMILES string of the molecule is CCOc1ccccc1CNC(=NC)NCCCc1ccc(OC)c(OC)c1. The summed E-state index contributed by atoms with van der Waals surface area (Å²) >= 11 is 0. The number of para-hydroxylation sites is 1. The fourth-order valence-electron chi connectivity index (χ4n) is 2.88. The van der Waals surface area contributed by atoms with Crippen LogP contribution in [0.1, 0.15) is 24.5 Å². The van der Waals surface area contributed by atoms with Gasteiger partial charge in [0.1, 0.15) is 5.75 Å². The molecule has 0 aliphatic carbocycles. The second-order valence-corrected chi connectivity index (χ2v) is 6.19. The Hall–Kier alpha value is -2.89. The zero-order valence-corrected chi connectivity index (χ0v) is 17.2. The standard InChI is InChI=1S/C22H31N3O3/c1-5-28-19-11-7-6-10-18(19)16-25-22(23-2)24-14-8-9-17-12-13-20(26-3)21(15-17)27-4/h6-7,10-13,15H,5,8-9,14,16H2,1-4H3,(H2,23,24,25). The van der Waals surface area contributed by atoms with Crippen molar-refractivity contribution in [1.29, 1.82) is 0 Å². The van der Waals surface area contributed by atoms with Crippen LogP contribution in [0, 0.1) is 0 Å². The number of methoxy groups -OCH3 is 2. The molecule has 0 radical (unpaired) electrons. The summed E-state index contributed by atoms with van der Waals surface area (Å²) in [4.78, 5) is 4.29. The molecule has 0 saturated heterocycles. The first-order valence-electron chi connectivity index (χ1n) is 9.58. The number of ether oxygens (including phenoxy) is 3. The molecule has 2 aromatic carbocycles. The first-order chi connectivity index (χ1) is 13.7. The molecule has 0 aromatic heterocycles. The van der Waals surface area contributed by atoms with E-state index in [0.29, 0.717) is 13.2 Å². The molecule has 6 nitrogen and oxygen atoms in total. The lowest BCUT2D eigenvalue weighted by Gasteiger charge is -2.14. The fraction of sp³-hybridized carbons (Fsp3) is 0.409. The molecule has 0 spiro atoms. The molecular formula is C22H31N3O3. The summed E-state index contributed by atoms with van der Waals surface area (Å²) in [6.07, 6.45) is 1.92. The van der Waals surface area contributed by atoms with Crippen LogP contribution in [0.2, 0.25) is 0 Å². The summed E-state index contributed by atoms with van der Waals surface area (Å²) in [6.45, 7) is 4.12.